The summed E-state index contributed by atoms with van der Waals surface area (Å²) in [6.07, 6.45) is 3.17. The van der Waals surface area contributed by atoms with Crippen LogP contribution in [-0.4, -0.2) is 53.5 Å². The number of ether oxygens (including phenoxy) is 2. The van der Waals surface area contributed by atoms with Crippen molar-refractivity contribution in [3.05, 3.63) is 59.2 Å². The Hall–Kier alpha value is -2.73. The van der Waals surface area contributed by atoms with Crippen molar-refractivity contribution in [3.63, 3.8) is 0 Å². The van der Waals surface area contributed by atoms with E-state index in [1.54, 1.807) is 0 Å². The molecule has 1 aliphatic rings. The van der Waals surface area contributed by atoms with Crippen LogP contribution in [0.15, 0.2) is 47.5 Å². The van der Waals surface area contributed by atoms with E-state index in [-0.39, 0.29) is 0 Å². The molecule has 1 heterocycles. The molecule has 1 unspecified atom stereocenters. The molecular formula is C26H38N4O2. The molecule has 6 nitrogen and oxygen atoms in total. The Morgan fingerprint density at radius 1 is 1.16 bits per heavy atom. The van der Waals surface area contributed by atoms with Crippen LogP contribution in [0.25, 0.3) is 0 Å². The minimum absolute atomic E-state index is 0.491. The van der Waals surface area contributed by atoms with Gasteiger partial charge in [-0.3, -0.25) is 4.99 Å². The molecule has 0 spiro atoms. The van der Waals surface area contributed by atoms with E-state index in [1.165, 1.54) is 16.8 Å². The molecule has 0 radical (unpaired) electrons. The largest absolute Gasteiger partial charge is 0.493 e. The molecular weight excluding hydrogens is 400 g/mol. The predicted molar refractivity (Wildman–Crippen MR) is 133 cm³/mol. The summed E-state index contributed by atoms with van der Waals surface area (Å²) in [5.41, 5.74) is 4.92. The summed E-state index contributed by atoms with van der Waals surface area (Å²) in [7, 11) is 5.93. The van der Waals surface area contributed by atoms with Gasteiger partial charge in [-0.25, -0.2) is 0 Å². The van der Waals surface area contributed by atoms with Gasteiger partial charge < -0.3 is 25.0 Å². The number of nitrogens with zero attached hydrogens (tertiary/aromatic N) is 2. The molecule has 1 atom stereocenters. The second-order valence-electron chi connectivity index (χ2n) is 8.67. The molecule has 3 rings (SSSR count). The highest BCUT2D eigenvalue weighted by atomic mass is 16.5. The van der Waals surface area contributed by atoms with E-state index in [2.05, 4.69) is 84.0 Å². The summed E-state index contributed by atoms with van der Waals surface area (Å²) in [6, 6.07) is 15.1. The SMILES string of the molecule is CN=C(NCCCc1ccc(N(C)C)cc1)NCc1ccc(C)cc1OCC1CCOC1. The van der Waals surface area contributed by atoms with Gasteiger partial charge in [-0.05, 0) is 55.5 Å². The van der Waals surface area contributed by atoms with Crippen LogP contribution in [0.2, 0.25) is 0 Å². The van der Waals surface area contributed by atoms with E-state index >= 15 is 0 Å². The smallest absolute Gasteiger partial charge is 0.191 e. The molecule has 0 aromatic heterocycles. The van der Waals surface area contributed by atoms with Gasteiger partial charge in [0, 0.05) is 58.0 Å². The number of guanidine groups is 1. The number of aliphatic imine (C=N–C) groups is 1. The van der Waals surface area contributed by atoms with Crippen LogP contribution in [0.4, 0.5) is 5.69 Å². The molecule has 1 aliphatic heterocycles. The Balaban J connectivity index is 1.43. The van der Waals surface area contributed by atoms with Crippen molar-refractivity contribution in [2.75, 3.05) is 52.4 Å². The molecule has 174 valence electrons. The average molecular weight is 439 g/mol. The van der Waals surface area contributed by atoms with Gasteiger partial charge in [0.15, 0.2) is 5.96 Å². The number of aryl methyl sites for hydroxylation is 2. The molecule has 0 saturated carbocycles. The molecule has 0 amide bonds. The summed E-state index contributed by atoms with van der Waals surface area (Å²) < 4.78 is 11.6. The van der Waals surface area contributed by atoms with Crippen molar-refractivity contribution in [2.45, 2.75) is 32.7 Å². The number of hydrogen-bond donors (Lipinski definition) is 2. The zero-order valence-corrected chi connectivity index (χ0v) is 20.0. The van der Waals surface area contributed by atoms with Crippen molar-refractivity contribution in [3.8, 4) is 5.75 Å². The van der Waals surface area contributed by atoms with E-state index < -0.39 is 0 Å². The molecule has 2 aromatic rings. The third-order valence-corrected chi connectivity index (χ3v) is 5.78. The first kappa shape index (κ1) is 23.9. The van der Waals surface area contributed by atoms with Crippen molar-refractivity contribution >= 4 is 11.6 Å². The Labute approximate surface area is 193 Å². The molecule has 1 fully saturated rings. The van der Waals surface area contributed by atoms with E-state index in [1.807, 2.05) is 7.05 Å². The maximum atomic E-state index is 6.16. The van der Waals surface area contributed by atoms with Gasteiger partial charge in [0.1, 0.15) is 5.75 Å². The topological polar surface area (TPSA) is 58.1 Å². The van der Waals surface area contributed by atoms with Crippen LogP contribution in [0.3, 0.4) is 0 Å². The van der Waals surface area contributed by atoms with Crippen LogP contribution < -0.4 is 20.3 Å². The molecule has 0 bridgehead atoms. The molecule has 0 aliphatic carbocycles. The van der Waals surface area contributed by atoms with Gasteiger partial charge in [0.25, 0.3) is 0 Å². The molecule has 32 heavy (non-hydrogen) atoms. The van der Waals surface area contributed by atoms with Crippen molar-refractivity contribution in [1.29, 1.82) is 0 Å². The third-order valence-electron chi connectivity index (χ3n) is 5.78. The molecule has 6 heteroatoms. The second kappa shape index (κ2) is 12.3. The fraction of sp³-hybridized carbons (Fsp3) is 0.500. The molecule has 2 N–H and O–H groups in total. The second-order valence-corrected chi connectivity index (χ2v) is 8.67. The quantitative estimate of drug-likeness (QED) is 0.336. The van der Waals surface area contributed by atoms with Gasteiger partial charge in [0.05, 0.1) is 13.2 Å². The van der Waals surface area contributed by atoms with Crippen LogP contribution >= 0.6 is 0 Å². The highest BCUT2D eigenvalue weighted by Crippen LogP contribution is 2.22. The lowest BCUT2D eigenvalue weighted by atomic mass is 10.1. The number of nitrogens with one attached hydrogen (secondary N) is 2. The fourth-order valence-electron chi connectivity index (χ4n) is 3.72. The Morgan fingerprint density at radius 3 is 2.66 bits per heavy atom. The van der Waals surface area contributed by atoms with Crippen molar-refractivity contribution in [2.24, 2.45) is 10.9 Å². The summed E-state index contributed by atoms with van der Waals surface area (Å²) in [5, 5.41) is 6.84. The Kier molecular flexibility index (Phi) is 9.23. The predicted octanol–water partition coefficient (Wildman–Crippen LogP) is 3.77. The fourth-order valence-corrected chi connectivity index (χ4v) is 3.72. The minimum atomic E-state index is 0.491. The summed E-state index contributed by atoms with van der Waals surface area (Å²) in [6.45, 7) is 5.99. The van der Waals surface area contributed by atoms with Gasteiger partial charge in [0.2, 0.25) is 0 Å². The lowest BCUT2D eigenvalue weighted by Gasteiger charge is -2.17. The van der Waals surface area contributed by atoms with Crippen molar-refractivity contribution in [1.82, 2.24) is 10.6 Å². The van der Waals surface area contributed by atoms with Crippen LogP contribution in [0, 0.1) is 12.8 Å². The Morgan fingerprint density at radius 2 is 1.97 bits per heavy atom. The van der Waals surface area contributed by atoms with Crippen LogP contribution in [0.5, 0.6) is 5.75 Å². The summed E-state index contributed by atoms with van der Waals surface area (Å²) in [4.78, 5) is 6.49. The average Bonchev–Trinajstić information content (AvgIpc) is 3.32. The number of hydrogen-bond acceptors (Lipinski definition) is 4. The lowest BCUT2D eigenvalue weighted by molar-refractivity contribution is 0.166. The van der Waals surface area contributed by atoms with Gasteiger partial charge >= 0.3 is 0 Å². The van der Waals surface area contributed by atoms with Gasteiger partial charge in [-0.15, -0.1) is 0 Å². The molecule has 2 aromatic carbocycles. The highest BCUT2D eigenvalue weighted by Gasteiger charge is 2.17. The highest BCUT2D eigenvalue weighted by molar-refractivity contribution is 5.79. The van der Waals surface area contributed by atoms with Crippen LogP contribution in [0.1, 0.15) is 29.5 Å². The van der Waals surface area contributed by atoms with Gasteiger partial charge in [-0.1, -0.05) is 24.3 Å². The minimum Gasteiger partial charge on any atom is -0.493 e. The van der Waals surface area contributed by atoms with Crippen molar-refractivity contribution < 1.29 is 9.47 Å². The third kappa shape index (κ3) is 7.45. The maximum absolute atomic E-state index is 6.16. The van der Waals surface area contributed by atoms with E-state index in [0.717, 1.165) is 56.3 Å². The summed E-state index contributed by atoms with van der Waals surface area (Å²) in [5.74, 6) is 2.24. The van der Waals surface area contributed by atoms with E-state index in [0.29, 0.717) is 19.1 Å². The summed E-state index contributed by atoms with van der Waals surface area (Å²) >= 11 is 0. The monoisotopic (exact) mass is 438 g/mol. The maximum Gasteiger partial charge on any atom is 0.191 e. The lowest BCUT2D eigenvalue weighted by Crippen LogP contribution is -2.37. The number of rotatable bonds is 10. The first-order chi connectivity index (χ1) is 15.5. The standard InChI is InChI=1S/C26H38N4O2/c1-20-7-10-23(25(16-20)32-19-22-13-15-31-18-22)17-29-26(27-2)28-14-5-6-21-8-11-24(12-9-21)30(3)4/h7-12,16,22H,5-6,13-15,17-19H2,1-4H3,(H2,27,28,29). The van der Waals surface area contributed by atoms with E-state index in [4.69, 9.17) is 9.47 Å². The molecule has 1 saturated heterocycles. The normalized spacial score (nSPS) is 16.1. The van der Waals surface area contributed by atoms with Crippen LogP contribution in [-0.2, 0) is 17.7 Å². The first-order valence-electron chi connectivity index (χ1n) is 11.6. The number of benzene rings is 2. The Bertz CT molecular complexity index is 859. The van der Waals surface area contributed by atoms with E-state index in [9.17, 15) is 0 Å². The van der Waals surface area contributed by atoms with Gasteiger partial charge in [-0.2, -0.15) is 0 Å². The zero-order chi connectivity index (χ0) is 22.8. The number of anilines is 1. The zero-order valence-electron chi connectivity index (χ0n) is 20.0. The first-order valence-corrected chi connectivity index (χ1v) is 11.6.